The average molecular weight is 362 g/mol. The Labute approximate surface area is 154 Å². The Morgan fingerprint density at radius 3 is 2.35 bits per heavy atom. The maximum absolute atomic E-state index is 13.3. The molecule has 26 heavy (non-hydrogen) atoms. The molecule has 2 atom stereocenters. The van der Waals surface area contributed by atoms with Gasteiger partial charge in [0.25, 0.3) is 0 Å². The second-order valence-electron chi connectivity index (χ2n) is 7.27. The topological polar surface area (TPSA) is 58.3 Å². The van der Waals surface area contributed by atoms with Crippen LogP contribution >= 0.6 is 0 Å². The molecule has 0 aliphatic rings. The minimum atomic E-state index is -0.838. The molecule has 2 aromatic carbocycles. The average Bonchev–Trinajstić information content (AvgIpc) is 2.58. The molecule has 0 saturated heterocycles. The Kier molecular flexibility index (Phi) is 6.87. The minimum Gasteiger partial charge on any atom is -0.390 e. The van der Waals surface area contributed by atoms with Gasteiger partial charge in [-0.05, 0) is 55.5 Å². The summed E-state index contributed by atoms with van der Waals surface area (Å²) in [5, 5.41) is 13.7. The van der Waals surface area contributed by atoms with Gasteiger partial charge in [-0.2, -0.15) is 0 Å². The van der Waals surface area contributed by atoms with Gasteiger partial charge in [-0.3, -0.25) is 0 Å². The fraction of sp³-hybridized carbons (Fsp3) is 0.429. The number of aryl methyl sites for hydroxylation is 1. The maximum Gasteiger partial charge on any atom is 0.126 e. The quantitative estimate of drug-likeness (QED) is 0.675. The summed E-state index contributed by atoms with van der Waals surface area (Å²) in [6, 6.07) is 11.0. The molecule has 0 spiro atoms. The molecule has 142 valence electrons. The van der Waals surface area contributed by atoms with Crippen molar-refractivity contribution in [1.82, 2.24) is 5.32 Å². The van der Waals surface area contributed by atoms with Gasteiger partial charge < -0.3 is 16.2 Å². The molecule has 0 amide bonds. The fourth-order valence-corrected chi connectivity index (χ4v) is 2.93. The van der Waals surface area contributed by atoms with E-state index in [9.17, 15) is 13.9 Å². The summed E-state index contributed by atoms with van der Waals surface area (Å²) in [6.07, 6.45) is 0.320. The molecule has 4 N–H and O–H groups in total. The zero-order valence-corrected chi connectivity index (χ0v) is 15.6. The first-order valence-corrected chi connectivity index (χ1v) is 8.94. The number of halogens is 2. The van der Waals surface area contributed by atoms with Crippen LogP contribution in [0, 0.1) is 11.6 Å². The summed E-state index contributed by atoms with van der Waals surface area (Å²) in [7, 11) is 0. The highest BCUT2D eigenvalue weighted by Gasteiger charge is 2.23. The number of aliphatic hydroxyl groups excluding tert-OH is 1. The molecule has 0 radical (unpaired) electrons. The molecule has 0 fully saturated rings. The van der Waals surface area contributed by atoms with Crippen molar-refractivity contribution in [2.24, 2.45) is 5.73 Å². The molecule has 2 aromatic rings. The lowest BCUT2D eigenvalue weighted by molar-refractivity contribution is 0.131. The highest BCUT2D eigenvalue weighted by Crippen LogP contribution is 2.21. The second kappa shape index (κ2) is 8.71. The molecule has 0 bridgehead atoms. The van der Waals surface area contributed by atoms with Crippen molar-refractivity contribution in [3.05, 3.63) is 70.8 Å². The van der Waals surface area contributed by atoms with Gasteiger partial charge in [-0.15, -0.1) is 0 Å². The van der Waals surface area contributed by atoms with Gasteiger partial charge in [-0.1, -0.05) is 31.2 Å². The zero-order valence-electron chi connectivity index (χ0n) is 15.6. The summed E-state index contributed by atoms with van der Waals surface area (Å²) in [4.78, 5) is 0. The molecule has 2 rings (SSSR count). The van der Waals surface area contributed by atoms with Gasteiger partial charge in [0, 0.05) is 24.2 Å². The molecule has 0 aromatic heterocycles. The Morgan fingerprint density at radius 2 is 1.73 bits per heavy atom. The molecular formula is C21H28F2N2O. The fourth-order valence-electron chi connectivity index (χ4n) is 2.93. The summed E-state index contributed by atoms with van der Waals surface area (Å²) in [6.45, 7) is 6.48. The third-order valence-electron chi connectivity index (χ3n) is 4.70. The number of nitrogens with one attached hydrogen (secondary N) is 1. The van der Waals surface area contributed by atoms with E-state index in [2.05, 4.69) is 24.4 Å². The van der Waals surface area contributed by atoms with Crippen LogP contribution in [-0.4, -0.2) is 23.8 Å². The van der Waals surface area contributed by atoms with Crippen molar-refractivity contribution in [2.45, 2.75) is 51.3 Å². The van der Waals surface area contributed by atoms with Gasteiger partial charge in [0.05, 0.1) is 6.10 Å². The van der Waals surface area contributed by atoms with E-state index in [4.69, 9.17) is 5.73 Å². The number of hydrogen-bond donors (Lipinski definition) is 3. The van der Waals surface area contributed by atoms with Gasteiger partial charge in [-0.25, -0.2) is 8.78 Å². The molecule has 3 nitrogen and oxygen atoms in total. The minimum absolute atomic E-state index is 0.198. The highest BCUT2D eigenvalue weighted by atomic mass is 19.1. The van der Waals surface area contributed by atoms with Crippen molar-refractivity contribution in [3.8, 4) is 0 Å². The van der Waals surface area contributed by atoms with Crippen molar-refractivity contribution in [2.75, 3.05) is 6.54 Å². The van der Waals surface area contributed by atoms with Crippen LogP contribution < -0.4 is 11.1 Å². The standard InChI is InChI=1S/C21H28F2N2O/c1-4-14-6-5-7-16(8-14)21(2,3)25-13-20(26)19(24)11-15-9-17(22)12-18(23)10-15/h5-10,12,19-20,25-26H,4,11,13,24H2,1-3H3/t19-,20+/m0/s1. The van der Waals surface area contributed by atoms with Crippen molar-refractivity contribution in [1.29, 1.82) is 0 Å². The lowest BCUT2D eigenvalue weighted by Crippen LogP contribution is -2.48. The summed E-state index contributed by atoms with van der Waals surface area (Å²) in [5.41, 5.74) is 8.51. The van der Waals surface area contributed by atoms with Crippen LogP contribution in [0.1, 0.15) is 37.5 Å². The van der Waals surface area contributed by atoms with E-state index < -0.39 is 23.8 Å². The first kappa shape index (κ1) is 20.5. The first-order chi connectivity index (χ1) is 12.2. The van der Waals surface area contributed by atoms with Crippen LogP contribution in [0.5, 0.6) is 0 Å². The highest BCUT2D eigenvalue weighted by molar-refractivity contribution is 5.28. The van der Waals surface area contributed by atoms with Crippen LogP contribution in [0.25, 0.3) is 0 Å². The Balaban J connectivity index is 1.96. The molecule has 0 unspecified atom stereocenters. The predicted molar refractivity (Wildman–Crippen MR) is 101 cm³/mol. The monoisotopic (exact) mass is 362 g/mol. The number of benzene rings is 2. The van der Waals surface area contributed by atoms with Gasteiger partial charge >= 0.3 is 0 Å². The van der Waals surface area contributed by atoms with Gasteiger partial charge in [0.1, 0.15) is 11.6 Å². The number of nitrogens with two attached hydrogens (primary N) is 1. The Hall–Kier alpha value is -1.82. The van der Waals surface area contributed by atoms with Crippen LogP contribution in [-0.2, 0) is 18.4 Å². The van der Waals surface area contributed by atoms with Crippen molar-refractivity contribution < 1.29 is 13.9 Å². The number of hydrogen-bond acceptors (Lipinski definition) is 3. The summed E-state index contributed by atoms with van der Waals surface area (Å²) in [5.74, 6) is -1.28. The first-order valence-electron chi connectivity index (χ1n) is 8.94. The predicted octanol–water partition coefficient (Wildman–Crippen LogP) is 3.28. The van der Waals surface area contributed by atoms with Crippen LogP contribution in [0.3, 0.4) is 0 Å². The number of aliphatic hydroxyl groups is 1. The summed E-state index contributed by atoms with van der Waals surface area (Å²) < 4.78 is 26.6. The molecule has 0 aliphatic heterocycles. The molecule has 0 heterocycles. The van der Waals surface area contributed by atoms with E-state index in [0.29, 0.717) is 5.56 Å². The van der Waals surface area contributed by atoms with Gasteiger partial charge in [0.15, 0.2) is 0 Å². The van der Waals surface area contributed by atoms with E-state index in [-0.39, 0.29) is 18.5 Å². The largest absolute Gasteiger partial charge is 0.390 e. The van der Waals surface area contributed by atoms with E-state index in [1.54, 1.807) is 0 Å². The Bertz CT molecular complexity index is 713. The van der Waals surface area contributed by atoms with Crippen molar-refractivity contribution in [3.63, 3.8) is 0 Å². The van der Waals surface area contributed by atoms with E-state index >= 15 is 0 Å². The van der Waals surface area contributed by atoms with Crippen LogP contribution in [0.4, 0.5) is 8.78 Å². The van der Waals surface area contributed by atoms with Crippen LogP contribution in [0.15, 0.2) is 42.5 Å². The molecular weight excluding hydrogens is 334 g/mol. The van der Waals surface area contributed by atoms with E-state index in [1.807, 2.05) is 26.0 Å². The van der Waals surface area contributed by atoms with E-state index in [1.165, 1.54) is 17.7 Å². The third-order valence-corrected chi connectivity index (χ3v) is 4.70. The second-order valence-corrected chi connectivity index (χ2v) is 7.27. The smallest absolute Gasteiger partial charge is 0.126 e. The maximum atomic E-state index is 13.3. The lowest BCUT2D eigenvalue weighted by atomic mass is 9.91. The van der Waals surface area contributed by atoms with E-state index in [0.717, 1.165) is 18.1 Å². The van der Waals surface area contributed by atoms with Gasteiger partial charge in [0.2, 0.25) is 0 Å². The van der Waals surface area contributed by atoms with Crippen LogP contribution in [0.2, 0.25) is 0 Å². The molecule has 5 heteroatoms. The SMILES string of the molecule is CCc1cccc(C(C)(C)NC[C@@H](O)[C@@H](N)Cc2cc(F)cc(F)c2)c1. The molecule has 0 aliphatic carbocycles. The van der Waals surface area contributed by atoms with Crippen molar-refractivity contribution >= 4 is 0 Å². The lowest BCUT2D eigenvalue weighted by Gasteiger charge is -2.30. The zero-order chi connectivity index (χ0) is 19.3. The third kappa shape index (κ3) is 5.59. The normalized spacial score (nSPS) is 14.3. The number of rotatable bonds is 8. The summed E-state index contributed by atoms with van der Waals surface area (Å²) >= 11 is 0. The Morgan fingerprint density at radius 1 is 1.08 bits per heavy atom. The molecule has 0 saturated carbocycles.